The van der Waals surface area contributed by atoms with Crippen LogP contribution in [0.1, 0.15) is 30.0 Å². The summed E-state index contributed by atoms with van der Waals surface area (Å²) in [5, 5.41) is 3.98. The second kappa shape index (κ2) is 6.30. The summed E-state index contributed by atoms with van der Waals surface area (Å²) in [4.78, 5) is 14.2. The summed E-state index contributed by atoms with van der Waals surface area (Å²) < 4.78 is 0. The predicted octanol–water partition coefficient (Wildman–Crippen LogP) is 4.29. The van der Waals surface area contributed by atoms with Crippen molar-refractivity contribution in [1.29, 1.82) is 0 Å². The first kappa shape index (κ1) is 14.8. The van der Waals surface area contributed by atoms with E-state index in [2.05, 4.69) is 52.9 Å². The quantitative estimate of drug-likeness (QED) is 0.783. The molecule has 110 valence electrons. The summed E-state index contributed by atoms with van der Waals surface area (Å²) in [5.41, 5.74) is 2.52. The molecular formula is C17H18ClNOS. The van der Waals surface area contributed by atoms with Crippen LogP contribution in [0.3, 0.4) is 0 Å². The molecule has 1 aliphatic heterocycles. The summed E-state index contributed by atoms with van der Waals surface area (Å²) in [6.45, 7) is 3.82. The average Bonchev–Trinajstić information content (AvgIpc) is 3.16. The van der Waals surface area contributed by atoms with Gasteiger partial charge in [-0.05, 0) is 46.5 Å². The largest absolute Gasteiger partial charge is 0.295 e. The Morgan fingerprint density at radius 2 is 2.05 bits per heavy atom. The summed E-state index contributed by atoms with van der Waals surface area (Å²) in [7, 11) is 0. The van der Waals surface area contributed by atoms with Gasteiger partial charge in [0.1, 0.15) is 0 Å². The molecule has 2 heterocycles. The predicted molar refractivity (Wildman–Crippen MR) is 87.8 cm³/mol. The van der Waals surface area contributed by atoms with Gasteiger partial charge in [0.05, 0.1) is 5.92 Å². The smallest absolute Gasteiger partial charge is 0.226 e. The van der Waals surface area contributed by atoms with Gasteiger partial charge in [0.25, 0.3) is 0 Å². The highest BCUT2D eigenvalue weighted by Crippen LogP contribution is 2.38. The van der Waals surface area contributed by atoms with Gasteiger partial charge >= 0.3 is 0 Å². The van der Waals surface area contributed by atoms with Crippen LogP contribution >= 0.6 is 22.9 Å². The third kappa shape index (κ3) is 3.05. The number of carbonyl (C=O) groups is 1. The Morgan fingerprint density at radius 1 is 1.29 bits per heavy atom. The van der Waals surface area contributed by atoms with E-state index in [0.717, 1.165) is 13.1 Å². The Bertz CT molecular complexity index is 599. The number of benzene rings is 1. The standard InChI is InChI=1S/C17H18ClNOS/c1-12(13-5-3-2-4-6-13)19-9-15(14-7-8-21-11-14)16(10-19)17(18)20/h2-8,11-12,15-16H,9-10H2,1H3. The van der Waals surface area contributed by atoms with E-state index in [1.165, 1.54) is 11.1 Å². The molecule has 3 rings (SSSR count). The maximum Gasteiger partial charge on any atom is 0.226 e. The first-order valence-electron chi connectivity index (χ1n) is 7.17. The van der Waals surface area contributed by atoms with Crippen molar-refractivity contribution < 1.29 is 4.79 Å². The summed E-state index contributed by atoms with van der Waals surface area (Å²) in [5.74, 6) is 0.111. The van der Waals surface area contributed by atoms with Crippen molar-refractivity contribution in [2.24, 2.45) is 5.92 Å². The van der Waals surface area contributed by atoms with Crippen LogP contribution in [0.2, 0.25) is 0 Å². The first-order valence-corrected chi connectivity index (χ1v) is 8.49. The van der Waals surface area contributed by atoms with Crippen LogP contribution in [0.5, 0.6) is 0 Å². The lowest BCUT2D eigenvalue weighted by molar-refractivity contribution is -0.115. The minimum atomic E-state index is -0.214. The lowest BCUT2D eigenvalue weighted by atomic mass is 9.92. The molecule has 0 spiro atoms. The number of hydrogen-bond donors (Lipinski definition) is 0. The van der Waals surface area contributed by atoms with Crippen molar-refractivity contribution >= 4 is 28.2 Å². The molecule has 2 aromatic rings. The average molecular weight is 320 g/mol. The normalized spacial score (nSPS) is 24.1. The van der Waals surface area contributed by atoms with E-state index < -0.39 is 0 Å². The molecule has 0 bridgehead atoms. The number of thiophene rings is 1. The molecule has 3 unspecified atom stereocenters. The molecule has 0 saturated carbocycles. The zero-order chi connectivity index (χ0) is 14.8. The lowest BCUT2D eigenvalue weighted by Crippen LogP contribution is -2.25. The molecule has 21 heavy (non-hydrogen) atoms. The van der Waals surface area contributed by atoms with Crippen LogP contribution in [-0.4, -0.2) is 23.2 Å². The summed E-state index contributed by atoms with van der Waals surface area (Å²) in [6, 6.07) is 12.8. The molecule has 1 saturated heterocycles. The molecule has 2 nitrogen and oxygen atoms in total. The number of hydrogen-bond acceptors (Lipinski definition) is 3. The van der Waals surface area contributed by atoms with Crippen LogP contribution < -0.4 is 0 Å². The molecule has 0 amide bonds. The van der Waals surface area contributed by atoms with E-state index in [1.807, 2.05) is 6.07 Å². The molecule has 1 fully saturated rings. The number of nitrogens with zero attached hydrogens (tertiary/aromatic N) is 1. The maximum absolute atomic E-state index is 11.8. The maximum atomic E-state index is 11.8. The van der Waals surface area contributed by atoms with E-state index in [9.17, 15) is 4.79 Å². The van der Waals surface area contributed by atoms with Crippen LogP contribution in [0.4, 0.5) is 0 Å². The molecular weight excluding hydrogens is 302 g/mol. The third-order valence-electron chi connectivity index (χ3n) is 4.44. The Balaban J connectivity index is 1.82. The van der Waals surface area contributed by atoms with Gasteiger partial charge in [-0.1, -0.05) is 30.3 Å². The van der Waals surface area contributed by atoms with E-state index in [1.54, 1.807) is 11.3 Å². The highest BCUT2D eigenvalue weighted by Gasteiger charge is 2.39. The zero-order valence-electron chi connectivity index (χ0n) is 11.9. The van der Waals surface area contributed by atoms with Crippen LogP contribution in [-0.2, 0) is 4.79 Å². The van der Waals surface area contributed by atoms with Gasteiger partial charge in [0.2, 0.25) is 5.24 Å². The number of carbonyl (C=O) groups excluding carboxylic acids is 1. The van der Waals surface area contributed by atoms with E-state index in [0.29, 0.717) is 6.04 Å². The lowest BCUT2D eigenvalue weighted by Gasteiger charge is -2.24. The third-order valence-corrected chi connectivity index (χ3v) is 5.42. The molecule has 1 aromatic heterocycles. The minimum Gasteiger partial charge on any atom is -0.295 e. The molecule has 1 aliphatic rings. The Labute approximate surface area is 134 Å². The zero-order valence-corrected chi connectivity index (χ0v) is 13.5. The molecule has 0 N–H and O–H groups in total. The van der Waals surface area contributed by atoms with E-state index in [4.69, 9.17) is 11.6 Å². The van der Waals surface area contributed by atoms with Gasteiger partial charge in [-0.25, -0.2) is 0 Å². The monoisotopic (exact) mass is 319 g/mol. The summed E-state index contributed by atoms with van der Waals surface area (Å²) in [6.07, 6.45) is 0. The Hall–Kier alpha value is -1.16. The Morgan fingerprint density at radius 3 is 2.67 bits per heavy atom. The van der Waals surface area contributed by atoms with Crippen molar-refractivity contribution in [3.63, 3.8) is 0 Å². The van der Waals surface area contributed by atoms with Crippen molar-refractivity contribution in [2.75, 3.05) is 13.1 Å². The van der Waals surface area contributed by atoms with Crippen molar-refractivity contribution in [3.05, 3.63) is 58.3 Å². The fraction of sp³-hybridized carbons (Fsp3) is 0.353. The number of rotatable bonds is 4. The summed E-state index contributed by atoms with van der Waals surface area (Å²) >= 11 is 7.52. The topological polar surface area (TPSA) is 20.3 Å². The van der Waals surface area contributed by atoms with Gasteiger partial charge in [0.15, 0.2) is 0 Å². The van der Waals surface area contributed by atoms with Gasteiger partial charge in [-0.3, -0.25) is 9.69 Å². The van der Waals surface area contributed by atoms with Crippen molar-refractivity contribution in [2.45, 2.75) is 18.9 Å². The highest BCUT2D eigenvalue weighted by molar-refractivity contribution is 7.08. The van der Waals surface area contributed by atoms with Gasteiger partial charge in [0, 0.05) is 25.0 Å². The highest BCUT2D eigenvalue weighted by atomic mass is 35.5. The number of likely N-dealkylation sites (tertiary alicyclic amines) is 1. The first-order chi connectivity index (χ1) is 10.2. The van der Waals surface area contributed by atoms with Crippen LogP contribution in [0.25, 0.3) is 0 Å². The fourth-order valence-electron chi connectivity index (χ4n) is 3.15. The van der Waals surface area contributed by atoms with Crippen molar-refractivity contribution in [3.8, 4) is 0 Å². The minimum absolute atomic E-state index is 0.104. The van der Waals surface area contributed by atoms with E-state index in [-0.39, 0.29) is 17.1 Å². The molecule has 0 aliphatic carbocycles. The number of halogens is 1. The second-order valence-electron chi connectivity index (χ2n) is 5.61. The van der Waals surface area contributed by atoms with E-state index >= 15 is 0 Å². The Kier molecular flexibility index (Phi) is 4.43. The van der Waals surface area contributed by atoms with Gasteiger partial charge in [-0.15, -0.1) is 0 Å². The van der Waals surface area contributed by atoms with Crippen LogP contribution in [0.15, 0.2) is 47.2 Å². The van der Waals surface area contributed by atoms with Crippen molar-refractivity contribution in [1.82, 2.24) is 4.90 Å². The molecule has 3 atom stereocenters. The SMILES string of the molecule is CC(c1ccccc1)N1CC(C(=O)Cl)C(c2ccsc2)C1. The molecule has 0 radical (unpaired) electrons. The second-order valence-corrected chi connectivity index (χ2v) is 6.77. The fourth-order valence-corrected chi connectivity index (χ4v) is 4.09. The van der Waals surface area contributed by atoms with Crippen LogP contribution in [0, 0.1) is 5.92 Å². The van der Waals surface area contributed by atoms with Gasteiger partial charge in [-0.2, -0.15) is 11.3 Å². The molecule has 1 aromatic carbocycles. The van der Waals surface area contributed by atoms with Gasteiger partial charge < -0.3 is 0 Å². The molecule has 4 heteroatoms.